The van der Waals surface area contributed by atoms with Crippen LogP contribution in [0.5, 0.6) is 0 Å². The normalized spacial score (nSPS) is 15.1. The summed E-state index contributed by atoms with van der Waals surface area (Å²) in [5.74, 6) is 0. The molecule has 0 bridgehead atoms. The van der Waals surface area contributed by atoms with Gasteiger partial charge in [-0.25, -0.2) is 4.57 Å². The average Bonchev–Trinajstić information content (AvgIpc) is 2.71. The van der Waals surface area contributed by atoms with Crippen molar-refractivity contribution >= 4 is 7.82 Å². The van der Waals surface area contributed by atoms with E-state index in [2.05, 4.69) is 6.92 Å². The second-order valence-electron chi connectivity index (χ2n) is 9.94. The minimum atomic E-state index is -4.13. The maximum Gasteiger partial charge on any atom is 0.472 e. The topological polar surface area (TPSA) is 85.2 Å². The number of phosphoric ester groups is 1. The number of aliphatic hydroxyl groups excluding tert-OH is 1. The average molecular weight is 483 g/mol. The Morgan fingerprint density at radius 3 is 1.66 bits per heavy atom. The van der Waals surface area contributed by atoms with Gasteiger partial charge in [0.15, 0.2) is 0 Å². The second kappa shape index (κ2) is 20.4. The lowest BCUT2D eigenvalue weighted by Crippen LogP contribution is -2.37. The Hall–Kier alpha value is -0.0100. The third-order valence-electron chi connectivity index (χ3n) is 5.40. The molecule has 0 aromatic heterocycles. The third-order valence-corrected chi connectivity index (χ3v) is 6.38. The van der Waals surface area contributed by atoms with E-state index in [9.17, 15) is 14.6 Å². The quantitative estimate of drug-likeness (QED) is 0.105. The molecule has 0 aromatic rings. The highest BCUT2D eigenvalue weighted by molar-refractivity contribution is 7.47. The summed E-state index contributed by atoms with van der Waals surface area (Å²) in [6.07, 6.45) is 17.5. The van der Waals surface area contributed by atoms with Gasteiger partial charge in [0, 0.05) is 6.61 Å². The molecule has 0 heterocycles. The summed E-state index contributed by atoms with van der Waals surface area (Å²) in [5, 5.41) is 9.84. The molecule has 0 amide bonds. The Balaban J connectivity index is 3.40. The molecule has 0 fully saturated rings. The van der Waals surface area contributed by atoms with E-state index in [1.165, 1.54) is 77.0 Å². The largest absolute Gasteiger partial charge is 0.472 e. The van der Waals surface area contributed by atoms with Crippen molar-refractivity contribution in [3.63, 3.8) is 0 Å². The van der Waals surface area contributed by atoms with E-state index in [0.717, 1.165) is 12.8 Å². The van der Waals surface area contributed by atoms with Gasteiger partial charge in [0.25, 0.3) is 0 Å². The predicted octanol–water partition coefficient (Wildman–Crippen LogP) is 5.69. The van der Waals surface area contributed by atoms with E-state index >= 15 is 0 Å². The molecule has 32 heavy (non-hydrogen) atoms. The van der Waals surface area contributed by atoms with Crippen LogP contribution < -0.4 is 0 Å². The van der Waals surface area contributed by atoms with E-state index < -0.39 is 13.9 Å². The van der Waals surface area contributed by atoms with Gasteiger partial charge in [-0.2, -0.15) is 0 Å². The van der Waals surface area contributed by atoms with Crippen LogP contribution in [0.25, 0.3) is 0 Å². The molecular weight excluding hydrogens is 429 g/mol. The molecule has 0 saturated carbocycles. The van der Waals surface area contributed by atoms with Crippen molar-refractivity contribution in [2.24, 2.45) is 0 Å². The summed E-state index contributed by atoms with van der Waals surface area (Å²) >= 11 is 0. The maximum atomic E-state index is 11.8. The summed E-state index contributed by atoms with van der Waals surface area (Å²) in [6.45, 7) is 3.36. The van der Waals surface area contributed by atoms with Crippen LogP contribution in [0.15, 0.2) is 0 Å². The SMILES string of the molecule is CCCCCCCCCCCCCCCCOC[C@@H](O)COP(=O)(O)OCC[N+](C)(C)C. The fourth-order valence-corrected chi connectivity index (χ4v) is 4.06. The lowest BCUT2D eigenvalue weighted by molar-refractivity contribution is -0.870. The van der Waals surface area contributed by atoms with E-state index in [1.807, 2.05) is 21.1 Å². The van der Waals surface area contributed by atoms with Gasteiger partial charge in [0.1, 0.15) is 19.3 Å². The van der Waals surface area contributed by atoms with E-state index in [1.54, 1.807) is 0 Å². The first-order valence-electron chi connectivity index (χ1n) is 12.8. The molecule has 0 spiro atoms. The minimum absolute atomic E-state index is 0.0946. The van der Waals surface area contributed by atoms with Gasteiger partial charge in [-0.05, 0) is 6.42 Å². The molecule has 0 rings (SSSR count). The number of ether oxygens (including phenoxy) is 1. The van der Waals surface area contributed by atoms with Crippen LogP contribution in [-0.2, 0) is 18.3 Å². The monoisotopic (exact) mass is 482 g/mol. The zero-order valence-corrected chi connectivity index (χ0v) is 22.3. The molecule has 2 N–H and O–H groups in total. The van der Waals surface area contributed by atoms with Gasteiger partial charge in [0.05, 0.1) is 34.4 Å². The standard InChI is InChI=1S/C24H52NO6P/c1-5-6-7-8-9-10-11-12-13-14-15-16-17-18-20-29-22-24(26)23-31-32(27,28)30-21-19-25(2,3)4/h24,26H,5-23H2,1-4H3/p+1/t24-/m1/s1. The Bertz CT molecular complexity index is 458. The first-order valence-corrected chi connectivity index (χ1v) is 14.3. The molecule has 0 radical (unpaired) electrons. The van der Waals surface area contributed by atoms with Crippen molar-refractivity contribution in [1.29, 1.82) is 0 Å². The lowest BCUT2D eigenvalue weighted by atomic mass is 10.0. The van der Waals surface area contributed by atoms with Crippen LogP contribution in [0.1, 0.15) is 96.8 Å². The summed E-state index contributed by atoms with van der Waals surface area (Å²) in [4.78, 5) is 9.62. The number of aliphatic hydroxyl groups is 1. The third kappa shape index (κ3) is 24.6. The van der Waals surface area contributed by atoms with Crippen molar-refractivity contribution in [2.75, 3.05) is 54.1 Å². The fraction of sp³-hybridized carbons (Fsp3) is 1.00. The Labute approximate surface area is 198 Å². The van der Waals surface area contributed by atoms with E-state index in [4.69, 9.17) is 13.8 Å². The van der Waals surface area contributed by atoms with Crippen molar-refractivity contribution in [2.45, 2.75) is 103 Å². The second-order valence-corrected chi connectivity index (χ2v) is 11.4. The summed E-state index contributed by atoms with van der Waals surface area (Å²) < 4.78 is 27.6. The van der Waals surface area contributed by atoms with Crippen LogP contribution in [-0.4, -0.2) is 74.7 Å². The maximum absolute atomic E-state index is 11.8. The molecular formula is C24H53NO6P+. The van der Waals surface area contributed by atoms with Crippen molar-refractivity contribution in [3.05, 3.63) is 0 Å². The fourth-order valence-electron chi connectivity index (χ4n) is 3.31. The molecule has 0 saturated heterocycles. The molecule has 0 aliphatic rings. The van der Waals surface area contributed by atoms with Gasteiger partial charge in [-0.15, -0.1) is 0 Å². The van der Waals surface area contributed by atoms with Crippen molar-refractivity contribution in [3.8, 4) is 0 Å². The number of rotatable bonds is 24. The van der Waals surface area contributed by atoms with Gasteiger partial charge < -0.3 is 19.2 Å². The Morgan fingerprint density at radius 1 is 0.719 bits per heavy atom. The van der Waals surface area contributed by atoms with Crippen molar-refractivity contribution in [1.82, 2.24) is 0 Å². The highest BCUT2D eigenvalue weighted by Gasteiger charge is 2.24. The van der Waals surface area contributed by atoms with Crippen LogP contribution in [0.3, 0.4) is 0 Å². The highest BCUT2D eigenvalue weighted by atomic mass is 31.2. The number of unbranched alkanes of at least 4 members (excludes halogenated alkanes) is 13. The van der Waals surface area contributed by atoms with Crippen LogP contribution >= 0.6 is 7.82 Å². The molecule has 2 atom stereocenters. The number of likely N-dealkylation sites (N-methyl/N-ethyl adjacent to an activating group) is 1. The number of quaternary nitrogens is 1. The number of hydrogen-bond donors (Lipinski definition) is 2. The first kappa shape index (κ1) is 32.0. The molecule has 1 unspecified atom stereocenters. The molecule has 7 nitrogen and oxygen atoms in total. The lowest BCUT2D eigenvalue weighted by Gasteiger charge is -2.24. The Kier molecular flexibility index (Phi) is 20.4. The van der Waals surface area contributed by atoms with Crippen LogP contribution in [0, 0.1) is 0 Å². The number of phosphoric acid groups is 1. The number of hydrogen-bond acceptors (Lipinski definition) is 5. The van der Waals surface area contributed by atoms with Gasteiger partial charge in [0.2, 0.25) is 0 Å². The summed E-state index contributed by atoms with van der Waals surface area (Å²) in [5.41, 5.74) is 0. The van der Waals surface area contributed by atoms with E-state index in [-0.39, 0.29) is 19.8 Å². The Morgan fingerprint density at radius 2 is 1.19 bits per heavy atom. The number of nitrogens with zero attached hydrogens (tertiary/aromatic N) is 1. The summed E-state index contributed by atoms with van der Waals surface area (Å²) in [6, 6.07) is 0. The van der Waals surface area contributed by atoms with Crippen LogP contribution in [0.2, 0.25) is 0 Å². The zero-order chi connectivity index (χ0) is 24.1. The minimum Gasteiger partial charge on any atom is -0.388 e. The first-order chi connectivity index (χ1) is 15.2. The van der Waals surface area contributed by atoms with Crippen molar-refractivity contribution < 1.29 is 32.8 Å². The molecule has 8 heteroatoms. The smallest absolute Gasteiger partial charge is 0.388 e. The predicted molar refractivity (Wildman–Crippen MR) is 132 cm³/mol. The van der Waals surface area contributed by atoms with E-state index in [0.29, 0.717) is 17.6 Å². The molecule has 194 valence electrons. The van der Waals surface area contributed by atoms with Gasteiger partial charge in [-0.1, -0.05) is 90.4 Å². The zero-order valence-electron chi connectivity index (χ0n) is 21.4. The van der Waals surface area contributed by atoms with Gasteiger partial charge >= 0.3 is 7.82 Å². The summed E-state index contributed by atoms with van der Waals surface area (Å²) in [7, 11) is 1.76. The molecule has 0 aromatic carbocycles. The van der Waals surface area contributed by atoms with Crippen LogP contribution in [0.4, 0.5) is 0 Å². The van der Waals surface area contributed by atoms with Gasteiger partial charge in [-0.3, -0.25) is 9.05 Å². The highest BCUT2D eigenvalue weighted by Crippen LogP contribution is 2.43. The molecule has 0 aliphatic heterocycles. The molecule has 0 aliphatic carbocycles.